The molecule has 0 aliphatic rings. The van der Waals surface area contributed by atoms with Gasteiger partial charge in [0.05, 0.1) is 13.2 Å². The van der Waals surface area contributed by atoms with E-state index in [9.17, 15) is 0 Å². The third kappa shape index (κ3) is 3.51. The Hall–Kier alpha value is -2.04. The second kappa shape index (κ2) is 8.14. The van der Waals surface area contributed by atoms with Crippen LogP contribution in [0.25, 0.3) is 32.7 Å². The van der Waals surface area contributed by atoms with Crippen LogP contribution in [0.15, 0.2) is 69.6 Å². The molecule has 0 radical (unpaired) electrons. The Morgan fingerprint density at radius 1 is 0.607 bits per heavy atom. The average molecular weight is 500 g/mol. The highest BCUT2D eigenvalue weighted by atomic mass is 79.9. The van der Waals surface area contributed by atoms with Crippen LogP contribution in [0.5, 0.6) is 11.5 Å². The van der Waals surface area contributed by atoms with Gasteiger partial charge in [0.15, 0.2) is 0 Å². The minimum Gasteiger partial charge on any atom is -0.493 e. The molecular formula is C24H20Br2O2. The van der Waals surface area contributed by atoms with E-state index in [2.05, 4.69) is 92.5 Å². The second-order valence-electron chi connectivity index (χ2n) is 6.47. The summed E-state index contributed by atoms with van der Waals surface area (Å²) in [6.07, 6.45) is 0. The first-order valence-corrected chi connectivity index (χ1v) is 10.9. The number of rotatable bonds is 5. The van der Waals surface area contributed by atoms with E-state index in [1.54, 1.807) is 0 Å². The van der Waals surface area contributed by atoms with Gasteiger partial charge in [0.1, 0.15) is 11.5 Å². The van der Waals surface area contributed by atoms with Crippen LogP contribution in [-0.4, -0.2) is 13.2 Å². The van der Waals surface area contributed by atoms with Crippen LogP contribution in [0.3, 0.4) is 0 Å². The number of benzene rings is 4. The molecule has 0 saturated carbocycles. The SMILES string of the molecule is CCOc1ccc2cc(Br)ccc2c1-c1c(OCC)ccc2cc(Br)ccc12. The quantitative estimate of drug-likeness (QED) is 0.277. The van der Waals surface area contributed by atoms with Crippen molar-refractivity contribution in [3.8, 4) is 22.6 Å². The van der Waals surface area contributed by atoms with Gasteiger partial charge in [-0.2, -0.15) is 0 Å². The molecule has 0 fully saturated rings. The lowest BCUT2D eigenvalue weighted by molar-refractivity contribution is 0.337. The predicted molar refractivity (Wildman–Crippen MR) is 125 cm³/mol. The first kappa shape index (κ1) is 19.3. The van der Waals surface area contributed by atoms with Gasteiger partial charge in [-0.3, -0.25) is 0 Å². The topological polar surface area (TPSA) is 18.5 Å². The molecular weight excluding hydrogens is 480 g/mol. The Morgan fingerprint density at radius 2 is 1.04 bits per heavy atom. The maximum Gasteiger partial charge on any atom is 0.127 e. The Kier molecular flexibility index (Phi) is 5.61. The van der Waals surface area contributed by atoms with E-state index in [1.165, 1.54) is 0 Å². The fraction of sp³-hybridized carbons (Fsp3) is 0.167. The van der Waals surface area contributed by atoms with Gasteiger partial charge < -0.3 is 9.47 Å². The van der Waals surface area contributed by atoms with E-state index in [1.807, 2.05) is 13.8 Å². The molecule has 0 spiro atoms. The fourth-order valence-electron chi connectivity index (χ4n) is 3.63. The molecule has 28 heavy (non-hydrogen) atoms. The van der Waals surface area contributed by atoms with E-state index >= 15 is 0 Å². The van der Waals surface area contributed by atoms with Crippen LogP contribution in [0.4, 0.5) is 0 Å². The number of hydrogen-bond donors (Lipinski definition) is 0. The van der Waals surface area contributed by atoms with Crippen molar-refractivity contribution < 1.29 is 9.47 Å². The Labute approximate surface area is 181 Å². The van der Waals surface area contributed by atoms with E-state index in [-0.39, 0.29) is 0 Å². The van der Waals surface area contributed by atoms with Gasteiger partial charge in [-0.05, 0) is 71.8 Å². The maximum absolute atomic E-state index is 6.06. The minimum absolute atomic E-state index is 0.606. The highest BCUT2D eigenvalue weighted by molar-refractivity contribution is 9.10. The Balaban J connectivity index is 2.15. The zero-order valence-corrected chi connectivity index (χ0v) is 18.9. The minimum atomic E-state index is 0.606. The van der Waals surface area contributed by atoms with Crippen LogP contribution in [0.1, 0.15) is 13.8 Å². The molecule has 0 amide bonds. The molecule has 4 aromatic rings. The maximum atomic E-state index is 6.06. The van der Waals surface area contributed by atoms with Crippen molar-refractivity contribution in [2.45, 2.75) is 13.8 Å². The largest absolute Gasteiger partial charge is 0.493 e. The molecule has 0 saturated heterocycles. The summed E-state index contributed by atoms with van der Waals surface area (Å²) in [6, 6.07) is 21.0. The van der Waals surface area contributed by atoms with Gasteiger partial charge >= 0.3 is 0 Å². The summed E-state index contributed by atoms with van der Waals surface area (Å²) in [5.74, 6) is 1.74. The molecule has 4 aromatic carbocycles. The zero-order valence-electron chi connectivity index (χ0n) is 15.8. The summed E-state index contributed by atoms with van der Waals surface area (Å²) in [5.41, 5.74) is 2.14. The van der Waals surface area contributed by atoms with Crippen LogP contribution in [0, 0.1) is 0 Å². The summed E-state index contributed by atoms with van der Waals surface area (Å²) in [7, 11) is 0. The molecule has 0 N–H and O–H groups in total. The number of hydrogen-bond acceptors (Lipinski definition) is 2. The third-order valence-corrected chi connectivity index (χ3v) is 5.72. The highest BCUT2D eigenvalue weighted by Gasteiger charge is 2.19. The lowest BCUT2D eigenvalue weighted by Gasteiger charge is -2.19. The van der Waals surface area contributed by atoms with Crippen molar-refractivity contribution in [2.75, 3.05) is 13.2 Å². The fourth-order valence-corrected chi connectivity index (χ4v) is 4.39. The summed E-state index contributed by atoms with van der Waals surface area (Å²) < 4.78 is 14.2. The van der Waals surface area contributed by atoms with Crippen LogP contribution in [0.2, 0.25) is 0 Å². The monoisotopic (exact) mass is 498 g/mol. The van der Waals surface area contributed by atoms with Gasteiger partial charge in [0, 0.05) is 20.1 Å². The predicted octanol–water partition coefficient (Wildman–Crippen LogP) is 7.98. The van der Waals surface area contributed by atoms with Crippen molar-refractivity contribution >= 4 is 53.4 Å². The van der Waals surface area contributed by atoms with Crippen LogP contribution < -0.4 is 9.47 Å². The van der Waals surface area contributed by atoms with E-state index in [0.29, 0.717) is 13.2 Å². The molecule has 0 aliphatic heterocycles. The Bertz CT molecular complexity index is 1080. The van der Waals surface area contributed by atoms with Crippen molar-refractivity contribution in [3.05, 3.63) is 69.6 Å². The van der Waals surface area contributed by atoms with E-state index < -0.39 is 0 Å². The normalized spacial score (nSPS) is 11.1. The summed E-state index contributed by atoms with van der Waals surface area (Å²) in [6.45, 7) is 5.24. The van der Waals surface area contributed by atoms with Crippen molar-refractivity contribution in [2.24, 2.45) is 0 Å². The first-order chi connectivity index (χ1) is 13.6. The van der Waals surface area contributed by atoms with Gasteiger partial charge in [-0.1, -0.05) is 56.1 Å². The molecule has 0 atom stereocenters. The number of fused-ring (bicyclic) bond motifs is 2. The molecule has 0 heterocycles. The van der Waals surface area contributed by atoms with E-state index in [4.69, 9.17) is 9.47 Å². The van der Waals surface area contributed by atoms with Crippen molar-refractivity contribution in [1.29, 1.82) is 0 Å². The zero-order chi connectivity index (χ0) is 19.7. The lowest BCUT2D eigenvalue weighted by Crippen LogP contribution is -1.99. The number of ether oxygens (including phenoxy) is 2. The van der Waals surface area contributed by atoms with Gasteiger partial charge in [0.2, 0.25) is 0 Å². The second-order valence-corrected chi connectivity index (χ2v) is 8.31. The van der Waals surface area contributed by atoms with Crippen molar-refractivity contribution in [3.63, 3.8) is 0 Å². The van der Waals surface area contributed by atoms with Crippen LogP contribution in [-0.2, 0) is 0 Å². The molecule has 2 nitrogen and oxygen atoms in total. The lowest BCUT2D eigenvalue weighted by atomic mass is 9.92. The average Bonchev–Trinajstić information content (AvgIpc) is 2.68. The Morgan fingerprint density at radius 3 is 1.43 bits per heavy atom. The summed E-state index contributed by atoms with van der Waals surface area (Å²) in [5, 5.41) is 4.60. The summed E-state index contributed by atoms with van der Waals surface area (Å²) >= 11 is 7.18. The number of halogens is 2. The molecule has 0 aromatic heterocycles. The van der Waals surface area contributed by atoms with Crippen LogP contribution >= 0.6 is 31.9 Å². The van der Waals surface area contributed by atoms with Gasteiger partial charge in [-0.15, -0.1) is 0 Å². The first-order valence-electron chi connectivity index (χ1n) is 9.33. The van der Waals surface area contributed by atoms with Gasteiger partial charge in [0.25, 0.3) is 0 Å². The molecule has 0 unspecified atom stereocenters. The molecule has 4 heteroatoms. The van der Waals surface area contributed by atoms with E-state index in [0.717, 1.165) is 53.1 Å². The molecule has 0 bridgehead atoms. The molecule has 4 rings (SSSR count). The van der Waals surface area contributed by atoms with Crippen molar-refractivity contribution in [1.82, 2.24) is 0 Å². The van der Waals surface area contributed by atoms with Gasteiger partial charge in [-0.25, -0.2) is 0 Å². The third-order valence-electron chi connectivity index (χ3n) is 4.74. The molecule has 0 aliphatic carbocycles. The standard InChI is InChI=1S/C24H20Br2O2/c1-3-27-21-11-5-15-13-17(25)7-9-19(15)23(21)24-20-10-8-18(26)14-16(20)6-12-22(24)28-4-2/h5-14H,3-4H2,1-2H3. The molecule has 142 valence electrons. The smallest absolute Gasteiger partial charge is 0.127 e. The summed E-state index contributed by atoms with van der Waals surface area (Å²) in [4.78, 5) is 0. The highest BCUT2D eigenvalue weighted by Crippen LogP contribution is 2.46.